The van der Waals surface area contributed by atoms with Gasteiger partial charge in [0.15, 0.2) is 0 Å². The van der Waals surface area contributed by atoms with Gasteiger partial charge in [0.05, 0.1) is 24.2 Å². The zero-order valence-corrected chi connectivity index (χ0v) is 16.5. The highest BCUT2D eigenvalue weighted by Crippen LogP contribution is 2.20. The molecular formula is C19H21ClN2O4S. The third kappa shape index (κ3) is 4.68. The summed E-state index contributed by atoms with van der Waals surface area (Å²) in [6, 6.07) is 13.0. The van der Waals surface area contributed by atoms with Gasteiger partial charge in [-0.3, -0.25) is 4.79 Å². The van der Waals surface area contributed by atoms with Crippen LogP contribution in [0.2, 0.25) is 5.02 Å². The van der Waals surface area contributed by atoms with Crippen LogP contribution in [-0.2, 0) is 14.8 Å². The van der Waals surface area contributed by atoms with Crippen molar-refractivity contribution in [3.63, 3.8) is 0 Å². The average molecular weight is 409 g/mol. The molecule has 1 fully saturated rings. The fraction of sp³-hybridized carbons (Fsp3) is 0.316. The van der Waals surface area contributed by atoms with Crippen LogP contribution in [0.5, 0.6) is 0 Å². The van der Waals surface area contributed by atoms with Crippen molar-refractivity contribution in [1.82, 2.24) is 9.62 Å². The van der Waals surface area contributed by atoms with Crippen molar-refractivity contribution in [2.45, 2.75) is 17.9 Å². The van der Waals surface area contributed by atoms with Gasteiger partial charge in [0, 0.05) is 23.7 Å². The van der Waals surface area contributed by atoms with Gasteiger partial charge in [-0.2, -0.15) is 4.31 Å². The molecule has 0 aliphatic carbocycles. The van der Waals surface area contributed by atoms with Gasteiger partial charge in [-0.05, 0) is 42.8 Å². The van der Waals surface area contributed by atoms with Crippen LogP contribution >= 0.6 is 11.6 Å². The molecule has 6 nitrogen and oxygen atoms in total. The lowest BCUT2D eigenvalue weighted by molar-refractivity contribution is 0.0730. The summed E-state index contributed by atoms with van der Waals surface area (Å²) in [6.45, 7) is 3.21. The summed E-state index contributed by atoms with van der Waals surface area (Å²) in [5.41, 5.74) is 1.16. The second-order valence-electron chi connectivity index (χ2n) is 6.29. The van der Waals surface area contributed by atoms with Crippen LogP contribution in [0.15, 0.2) is 53.4 Å². The Balaban J connectivity index is 1.77. The van der Waals surface area contributed by atoms with Gasteiger partial charge >= 0.3 is 0 Å². The van der Waals surface area contributed by atoms with E-state index in [0.717, 1.165) is 5.56 Å². The minimum absolute atomic E-state index is 0.104. The molecule has 1 aliphatic heterocycles. The van der Waals surface area contributed by atoms with Crippen molar-refractivity contribution in [3.8, 4) is 0 Å². The normalized spacial score (nSPS) is 16.7. The first-order valence-electron chi connectivity index (χ1n) is 8.62. The molecule has 0 aromatic heterocycles. The van der Waals surface area contributed by atoms with Crippen LogP contribution in [0, 0.1) is 0 Å². The summed E-state index contributed by atoms with van der Waals surface area (Å²) in [5, 5.41) is 3.46. The molecule has 144 valence electrons. The van der Waals surface area contributed by atoms with Gasteiger partial charge in [0.1, 0.15) is 0 Å². The largest absolute Gasteiger partial charge is 0.379 e. The van der Waals surface area contributed by atoms with Gasteiger partial charge in [-0.1, -0.05) is 29.8 Å². The molecule has 1 saturated heterocycles. The lowest BCUT2D eigenvalue weighted by Crippen LogP contribution is -2.40. The molecule has 0 spiro atoms. The van der Waals surface area contributed by atoms with Gasteiger partial charge in [0.2, 0.25) is 10.0 Å². The monoisotopic (exact) mass is 408 g/mol. The standard InChI is InChI=1S/C19H21ClN2O4S/c1-14(15-4-2-6-17(20)12-15)21-19(23)16-5-3-7-18(13-16)27(24,25)22-8-10-26-11-9-22/h2-7,12-14H,8-11H2,1H3,(H,21,23)/t14-/m0/s1. The Morgan fingerprint density at radius 3 is 2.56 bits per heavy atom. The maximum Gasteiger partial charge on any atom is 0.251 e. The molecule has 3 rings (SSSR count). The second kappa shape index (κ2) is 8.39. The SMILES string of the molecule is C[C@H](NC(=O)c1cccc(S(=O)(=O)N2CCOCC2)c1)c1cccc(Cl)c1. The Morgan fingerprint density at radius 1 is 1.15 bits per heavy atom. The van der Waals surface area contributed by atoms with Crippen LogP contribution < -0.4 is 5.32 Å². The number of nitrogens with one attached hydrogen (secondary N) is 1. The quantitative estimate of drug-likeness (QED) is 0.825. The van der Waals surface area contributed by atoms with E-state index in [2.05, 4.69) is 5.32 Å². The van der Waals surface area contributed by atoms with E-state index in [-0.39, 0.29) is 16.8 Å². The Labute approximate surface area is 164 Å². The first-order valence-corrected chi connectivity index (χ1v) is 10.4. The summed E-state index contributed by atoms with van der Waals surface area (Å²) in [6.07, 6.45) is 0. The highest BCUT2D eigenvalue weighted by atomic mass is 35.5. The lowest BCUT2D eigenvalue weighted by atomic mass is 10.1. The average Bonchev–Trinajstić information content (AvgIpc) is 2.68. The summed E-state index contributed by atoms with van der Waals surface area (Å²) >= 11 is 5.99. The third-order valence-electron chi connectivity index (χ3n) is 4.40. The number of carbonyl (C=O) groups is 1. The predicted octanol–water partition coefficient (Wildman–Crippen LogP) is 2.85. The third-order valence-corrected chi connectivity index (χ3v) is 6.53. The molecular weight excluding hydrogens is 388 g/mol. The van der Waals surface area contributed by atoms with E-state index in [9.17, 15) is 13.2 Å². The van der Waals surface area contributed by atoms with E-state index in [1.807, 2.05) is 19.1 Å². The molecule has 27 heavy (non-hydrogen) atoms. The highest BCUT2D eigenvalue weighted by Gasteiger charge is 2.27. The van der Waals surface area contributed by atoms with Gasteiger partial charge in [-0.15, -0.1) is 0 Å². The molecule has 1 aliphatic rings. The number of sulfonamides is 1. The van der Waals surface area contributed by atoms with Crippen molar-refractivity contribution in [2.75, 3.05) is 26.3 Å². The Morgan fingerprint density at radius 2 is 1.85 bits per heavy atom. The van der Waals surface area contributed by atoms with E-state index in [4.69, 9.17) is 16.3 Å². The molecule has 2 aromatic rings. The van der Waals surface area contributed by atoms with Gasteiger partial charge in [-0.25, -0.2) is 8.42 Å². The van der Waals surface area contributed by atoms with Crippen molar-refractivity contribution < 1.29 is 17.9 Å². The van der Waals surface area contributed by atoms with Crippen molar-refractivity contribution >= 4 is 27.5 Å². The highest BCUT2D eigenvalue weighted by molar-refractivity contribution is 7.89. The molecule has 0 saturated carbocycles. The molecule has 2 aromatic carbocycles. The Bertz CT molecular complexity index is 927. The molecule has 1 heterocycles. The van der Waals surface area contributed by atoms with E-state index < -0.39 is 10.0 Å². The maximum atomic E-state index is 12.8. The smallest absolute Gasteiger partial charge is 0.251 e. The Hall–Kier alpha value is -1.93. The zero-order chi connectivity index (χ0) is 19.4. The number of hydrogen-bond donors (Lipinski definition) is 1. The number of nitrogens with zero attached hydrogens (tertiary/aromatic N) is 1. The summed E-state index contributed by atoms with van der Waals surface area (Å²) < 4.78 is 32.1. The van der Waals surface area contributed by atoms with Crippen LogP contribution in [0.4, 0.5) is 0 Å². The number of rotatable bonds is 5. The first kappa shape index (κ1) is 19.8. The molecule has 8 heteroatoms. The lowest BCUT2D eigenvalue weighted by Gasteiger charge is -2.26. The number of benzene rings is 2. The number of amides is 1. The van der Waals surface area contributed by atoms with Crippen LogP contribution in [0.1, 0.15) is 28.9 Å². The number of ether oxygens (including phenoxy) is 1. The Kier molecular flexibility index (Phi) is 6.16. The fourth-order valence-electron chi connectivity index (χ4n) is 2.87. The topological polar surface area (TPSA) is 75.7 Å². The first-order chi connectivity index (χ1) is 12.9. The molecule has 1 amide bonds. The molecule has 0 bridgehead atoms. The fourth-order valence-corrected chi connectivity index (χ4v) is 4.53. The maximum absolute atomic E-state index is 12.8. The number of halogens is 1. The molecule has 1 atom stereocenters. The van der Waals surface area contributed by atoms with Crippen molar-refractivity contribution in [1.29, 1.82) is 0 Å². The minimum atomic E-state index is -3.65. The van der Waals surface area contributed by atoms with E-state index in [0.29, 0.717) is 36.9 Å². The van der Waals surface area contributed by atoms with Crippen molar-refractivity contribution in [2.24, 2.45) is 0 Å². The number of hydrogen-bond acceptors (Lipinski definition) is 4. The predicted molar refractivity (Wildman–Crippen MR) is 103 cm³/mol. The van der Waals surface area contributed by atoms with E-state index >= 15 is 0 Å². The molecule has 0 unspecified atom stereocenters. The second-order valence-corrected chi connectivity index (χ2v) is 8.67. The van der Waals surface area contributed by atoms with E-state index in [1.165, 1.54) is 16.4 Å². The molecule has 1 N–H and O–H groups in total. The minimum Gasteiger partial charge on any atom is -0.379 e. The van der Waals surface area contributed by atoms with E-state index in [1.54, 1.807) is 24.3 Å². The molecule has 0 radical (unpaired) electrons. The number of carbonyl (C=O) groups excluding carboxylic acids is 1. The van der Waals surface area contributed by atoms with Crippen molar-refractivity contribution in [3.05, 3.63) is 64.7 Å². The van der Waals surface area contributed by atoms with Crippen LogP contribution in [0.3, 0.4) is 0 Å². The zero-order valence-electron chi connectivity index (χ0n) is 14.9. The summed E-state index contributed by atoms with van der Waals surface area (Å²) in [5.74, 6) is -0.346. The number of morpholine rings is 1. The van der Waals surface area contributed by atoms with Crippen LogP contribution in [-0.4, -0.2) is 44.9 Å². The van der Waals surface area contributed by atoms with Crippen LogP contribution in [0.25, 0.3) is 0 Å². The van der Waals surface area contributed by atoms with Gasteiger partial charge < -0.3 is 10.1 Å². The summed E-state index contributed by atoms with van der Waals surface area (Å²) in [7, 11) is -3.65. The van der Waals surface area contributed by atoms with Gasteiger partial charge in [0.25, 0.3) is 5.91 Å². The summed E-state index contributed by atoms with van der Waals surface area (Å²) in [4.78, 5) is 12.7.